The quantitative estimate of drug-likeness (QED) is 0.392. The van der Waals surface area contributed by atoms with Crippen LogP contribution in [0.1, 0.15) is 24.1 Å². The van der Waals surface area contributed by atoms with Crippen molar-refractivity contribution >= 4 is 22.7 Å². The molecule has 0 heterocycles. The van der Waals surface area contributed by atoms with Gasteiger partial charge in [0.25, 0.3) is 16.5 Å². The molecule has 0 bridgehead atoms. The highest BCUT2D eigenvalue weighted by Gasteiger charge is 2.23. The van der Waals surface area contributed by atoms with Crippen LogP contribution in [-0.2, 0) is 0 Å². The molecule has 0 aliphatic heterocycles. The summed E-state index contributed by atoms with van der Waals surface area (Å²) in [6.07, 6.45) is 0. The van der Waals surface area contributed by atoms with Gasteiger partial charge in [-0.05, 0) is 36.8 Å². The van der Waals surface area contributed by atoms with Crippen molar-refractivity contribution in [1.29, 1.82) is 5.26 Å². The molecule has 134 valence electrons. The van der Waals surface area contributed by atoms with Gasteiger partial charge in [0.2, 0.25) is 0 Å². The maximum Gasteiger partial charge on any atom is 0.269 e. The lowest BCUT2D eigenvalue weighted by molar-refractivity contribution is -0.384. The Labute approximate surface area is 153 Å². The van der Waals surface area contributed by atoms with Gasteiger partial charge in [0.1, 0.15) is 11.4 Å². The van der Waals surface area contributed by atoms with Crippen LogP contribution < -0.4 is 21.5 Å². The second kappa shape index (κ2) is 7.09. The van der Waals surface area contributed by atoms with E-state index in [-0.39, 0.29) is 23.1 Å². The molecule has 3 aromatic rings. The highest BCUT2D eigenvalue weighted by molar-refractivity contribution is 5.79. The minimum atomic E-state index is -0.627. The largest absolute Gasteiger partial charge is 0.373 e. The Hall–Kier alpha value is -3.99. The lowest BCUT2D eigenvalue weighted by Crippen LogP contribution is -2.37. The van der Waals surface area contributed by atoms with E-state index < -0.39 is 15.8 Å². The zero-order valence-electron chi connectivity index (χ0n) is 14.2. The van der Waals surface area contributed by atoms with Crippen LogP contribution in [0.15, 0.2) is 58.1 Å². The first-order valence-corrected chi connectivity index (χ1v) is 8.02. The molecule has 0 fully saturated rings. The predicted molar refractivity (Wildman–Crippen MR) is 101 cm³/mol. The maximum atomic E-state index is 11.9. The molecule has 0 aliphatic rings. The minimum absolute atomic E-state index is 0.0248. The minimum Gasteiger partial charge on any atom is -0.373 e. The van der Waals surface area contributed by atoms with Crippen molar-refractivity contribution in [2.24, 2.45) is 0 Å². The van der Waals surface area contributed by atoms with Crippen molar-refractivity contribution in [2.75, 3.05) is 10.6 Å². The number of nitro benzene ring substituents is 1. The summed E-state index contributed by atoms with van der Waals surface area (Å²) in [5, 5.41) is 25.4. The van der Waals surface area contributed by atoms with Crippen molar-refractivity contribution in [3.63, 3.8) is 0 Å². The average molecular weight is 362 g/mol. The standard InChI is InChI=1S/C19H14N4O4/c1-11(13-4-8-15(9-5-13)23(26)27)21-16-17(19(25)18(16)24)22-14-6-2-12(10-20)3-7-14/h2-9,11,21-22H,1H3. The lowest BCUT2D eigenvalue weighted by atomic mass is 10.1. The molecular formula is C19H14N4O4. The van der Waals surface area contributed by atoms with Crippen LogP contribution in [0.4, 0.5) is 22.7 Å². The summed E-state index contributed by atoms with van der Waals surface area (Å²) >= 11 is 0. The van der Waals surface area contributed by atoms with Crippen LogP contribution in [0, 0.1) is 21.4 Å². The van der Waals surface area contributed by atoms with E-state index in [2.05, 4.69) is 10.6 Å². The SMILES string of the molecule is CC(Nc1c(Nc2ccc(C#N)cc2)c(=O)c1=O)c1ccc([N+](=O)[O-])cc1. The van der Waals surface area contributed by atoms with E-state index in [9.17, 15) is 19.7 Å². The van der Waals surface area contributed by atoms with Crippen LogP contribution >= 0.6 is 0 Å². The molecule has 1 unspecified atom stereocenters. The normalized spacial score (nSPS) is 11.6. The number of rotatable bonds is 6. The van der Waals surface area contributed by atoms with Gasteiger partial charge in [0, 0.05) is 23.9 Å². The van der Waals surface area contributed by atoms with Crippen molar-refractivity contribution in [3.05, 3.63) is 90.2 Å². The smallest absolute Gasteiger partial charge is 0.269 e. The second-order valence-corrected chi connectivity index (χ2v) is 5.94. The van der Waals surface area contributed by atoms with Gasteiger partial charge >= 0.3 is 0 Å². The Balaban J connectivity index is 1.78. The van der Waals surface area contributed by atoms with Gasteiger partial charge in [-0.15, -0.1) is 0 Å². The van der Waals surface area contributed by atoms with Gasteiger partial charge in [-0.3, -0.25) is 19.7 Å². The number of nitrogens with one attached hydrogen (secondary N) is 2. The lowest BCUT2D eigenvalue weighted by Gasteiger charge is -2.20. The van der Waals surface area contributed by atoms with E-state index >= 15 is 0 Å². The molecule has 0 aliphatic carbocycles. The summed E-state index contributed by atoms with van der Waals surface area (Å²) in [5.41, 5.74) is 0.829. The van der Waals surface area contributed by atoms with Gasteiger partial charge in [-0.25, -0.2) is 0 Å². The summed E-state index contributed by atoms with van der Waals surface area (Å²) in [6.45, 7) is 1.78. The molecule has 0 aromatic heterocycles. The molecule has 3 aromatic carbocycles. The molecular weight excluding hydrogens is 348 g/mol. The number of nitrogens with zero attached hydrogens (tertiary/aromatic N) is 2. The monoisotopic (exact) mass is 362 g/mol. The number of hydrogen-bond acceptors (Lipinski definition) is 7. The second-order valence-electron chi connectivity index (χ2n) is 5.94. The van der Waals surface area contributed by atoms with E-state index in [0.717, 1.165) is 5.56 Å². The number of anilines is 3. The number of nitro groups is 1. The van der Waals surface area contributed by atoms with Gasteiger partial charge in [0.05, 0.1) is 16.6 Å². The summed E-state index contributed by atoms with van der Waals surface area (Å²) in [4.78, 5) is 34.1. The van der Waals surface area contributed by atoms with Crippen LogP contribution in [0.3, 0.4) is 0 Å². The Morgan fingerprint density at radius 2 is 1.59 bits per heavy atom. The topological polar surface area (TPSA) is 125 Å². The van der Waals surface area contributed by atoms with Crippen molar-refractivity contribution in [3.8, 4) is 6.07 Å². The first-order valence-electron chi connectivity index (χ1n) is 8.02. The van der Waals surface area contributed by atoms with E-state index in [4.69, 9.17) is 5.26 Å². The zero-order valence-corrected chi connectivity index (χ0v) is 14.2. The molecule has 8 heteroatoms. The molecule has 27 heavy (non-hydrogen) atoms. The Morgan fingerprint density at radius 3 is 2.15 bits per heavy atom. The molecule has 0 spiro atoms. The third-order valence-corrected chi connectivity index (χ3v) is 4.16. The fourth-order valence-electron chi connectivity index (χ4n) is 2.61. The van der Waals surface area contributed by atoms with E-state index in [0.29, 0.717) is 11.3 Å². The molecule has 0 saturated heterocycles. The molecule has 8 nitrogen and oxygen atoms in total. The molecule has 3 rings (SSSR count). The van der Waals surface area contributed by atoms with Crippen molar-refractivity contribution in [2.45, 2.75) is 13.0 Å². The number of non-ortho nitro benzene ring substituents is 1. The molecule has 0 radical (unpaired) electrons. The van der Waals surface area contributed by atoms with Crippen LogP contribution in [0.2, 0.25) is 0 Å². The third-order valence-electron chi connectivity index (χ3n) is 4.16. The molecule has 1 atom stereocenters. The maximum absolute atomic E-state index is 11.9. The van der Waals surface area contributed by atoms with Gasteiger partial charge < -0.3 is 10.6 Å². The number of benzene rings is 2. The summed E-state index contributed by atoms with van der Waals surface area (Å²) in [7, 11) is 0. The van der Waals surface area contributed by atoms with Crippen molar-refractivity contribution < 1.29 is 4.92 Å². The Kier molecular flexibility index (Phi) is 4.68. The highest BCUT2D eigenvalue weighted by Crippen LogP contribution is 2.26. The van der Waals surface area contributed by atoms with Crippen LogP contribution in [-0.4, -0.2) is 4.92 Å². The summed E-state index contributed by atoms with van der Waals surface area (Å²) in [6, 6.07) is 14.1. The molecule has 0 saturated carbocycles. The Bertz CT molecular complexity index is 1100. The fraction of sp³-hybridized carbons (Fsp3) is 0.105. The summed E-state index contributed by atoms with van der Waals surface area (Å²) < 4.78 is 0. The highest BCUT2D eigenvalue weighted by atomic mass is 16.6. The first kappa shape index (κ1) is 17.8. The van der Waals surface area contributed by atoms with E-state index in [1.807, 2.05) is 6.07 Å². The van der Waals surface area contributed by atoms with E-state index in [1.54, 1.807) is 43.3 Å². The van der Waals surface area contributed by atoms with Crippen LogP contribution in [0.25, 0.3) is 0 Å². The fourth-order valence-corrected chi connectivity index (χ4v) is 2.61. The third kappa shape index (κ3) is 3.52. The molecule has 0 amide bonds. The summed E-state index contributed by atoms with van der Waals surface area (Å²) in [5.74, 6) is 0. The zero-order chi connectivity index (χ0) is 19.6. The average Bonchev–Trinajstić information content (AvgIpc) is 2.70. The van der Waals surface area contributed by atoms with Crippen LogP contribution in [0.5, 0.6) is 0 Å². The first-order chi connectivity index (χ1) is 12.9. The van der Waals surface area contributed by atoms with Gasteiger partial charge in [0.15, 0.2) is 0 Å². The van der Waals surface area contributed by atoms with Crippen molar-refractivity contribution in [1.82, 2.24) is 0 Å². The number of nitriles is 1. The van der Waals surface area contributed by atoms with Gasteiger partial charge in [-0.2, -0.15) is 5.26 Å². The van der Waals surface area contributed by atoms with Gasteiger partial charge in [-0.1, -0.05) is 12.1 Å². The van der Waals surface area contributed by atoms with E-state index in [1.165, 1.54) is 12.1 Å². The Morgan fingerprint density at radius 1 is 1.00 bits per heavy atom. The molecule has 2 N–H and O–H groups in total. The predicted octanol–water partition coefficient (Wildman–Crippen LogP) is 2.98. The number of hydrogen-bond donors (Lipinski definition) is 2.